The van der Waals surface area contributed by atoms with Gasteiger partial charge < -0.3 is 4.55 Å². The molecule has 154 valence electrons. The van der Waals surface area contributed by atoms with Crippen molar-refractivity contribution in [3.8, 4) is 6.07 Å². The highest BCUT2D eigenvalue weighted by molar-refractivity contribution is 9.11. The van der Waals surface area contributed by atoms with E-state index in [0.717, 1.165) is 23.1 Å². The van der Waals surface area contributed by atoms with Gasteiger partial charge in [0.05, 0.1) is 21.2 Å². The fraction of sp³-hybridized carbons (Fsp3) is 0.688. The highest BCUT2D eigenvalue weighted by Crippen LogP contribution is 2.43. The van der Waals surface area contributed by atoms with E-state index in [1.807, 2.05) is 0 Å². The first-order valence-corrected chi connectivity index (χ1v) is 11.5. The summed E-state index contributed by atoms with van der Waals surface area (Å²) in [5.41, 5.74) is -1.23. The fourth-order valence-electron chi connectivity index (χ4n) is 2.03. The van der Waals surface area contributed by atoms with Crippen molar-refractivity contribution < 1.29 is 22.1 Å². The summed E-state index contributed by atoms with van der Waals surface area (Å²) in [6, 6.07) is 2.96. The third-order valence-electron chi connectivity index (χ3n) is 3.49. The van der Waals surface area contributed by atoms with E-state index < -0.39 is 44.8 Å². The largest absolute Gasteiger partial charge is 0.598 e. The average molecular weight is 509 g/mol. The second-order valence-corrected chi connectivity index (χ2v) is 13.3. The lowest BCUT2D eigenvalue weighted by Gasteiger charge is -2.35. The zero-order chi connectivity index (χ0) is 21.3. The number of thiophene rings is 1. The van der Waals surface area contributed by atoms with Crippen molar-refractivity contribution >= 4 is 50.4 Å². The maximum absolute atomic E-state index is 14.4. The van der Waals surface area contributed by atoms with Crippen LogP contribution < -0.4 is 4.72 Å². The molecule has 2 unspecified atom stereocenters. The van der Waals surface area contributed by atoms with Crippen LogP contribution in [0.15, 0.2) is 9.85 Å². The Morgan fingerprint density at radius 3 is 2.22 bits per heavy atom. The Balaban J connectivity index is 3.19. The Morgan fingerprint density at radius 2 is 1.85 bits per heavy atom. The summed E-state index contributed by atoms with van der Waals surface area (Å²) in [7, 11) is 0. The number of hydrogen-bond donors (Lipinski definition) is 1. The van der Waals surface area contributed by atoms with Crippen molar-refractivity contribution in [1.29, 1.82) is 5.26 Å². The van der Waals surface area contributed by atoms with Crippen LogP contribution in [0.2, 0.25) is 0 Å². The van der Waals surface area contributed by atoms with E-state index in [2.05, 4.69) is 20.7 Å². The molecule has 3 nitrogen and oxygen atoms in total. The van der Waals surface area contributed by atoms with Crippen molar-refractivity contribution in [2.24, 2.45) is 0 Å². The maximum atomic E-state index is 14.4. The van der Waals surface area contributed by atoms with Crippen molar-refractivity contribution in [3.05, 3.63) is 20.5 Å². The first-order valence-electron chi connectivity index (χ1n) is 7.78. The van der Waals surface area contributed by atoms with Crippen LogP contribution in [0.3, 0.4) is 0 Å². The number of nitriles is 1. The molecule has 0 bridgehead atoms. The van der Waals surface area contributed by atoms with E-state index in [-0.39, 0.29) is 10.6 Å². The van der Waals surface area contributed by atoms with Gasteiger partial charge in [-0.3, -0.25) is 0 Å². The van der Waals surface area contributed by atoms with Crippen LogP contribution in [0, 0.1) is 17.1 Å². The summed E-state index contributed by atoms with van der Waals surface area (Å²) < 4.78 is 66.5. The molecule has 1 N–H and O–H groups in total. The van der Waals surface area contributed by atoms with E-state index >= 15 is 0 Å². The van der Waals surface area contributed by atoms with E-state index in [9.17, 15) is 27.4 Å². The van der Waals surface area contributed by atoms with E-state index in [4.69, 9.17) is 0 Å². The monoisotopic (exact) mass is 508 g/mol. The summed E-state index contributed by atoms with van der Waals surface area (Å²) in [6.45, 7) is 7.97. The number of rotatable bonds is 7. The fourth-order valence-corrected chi connectivity index (χ4v) is 5.86. The van der Waals surface area contributed by atoms with Crippen LogP contribution in [0.25, 0.3) is 0 Å². The van der Waals surface area contributed by atoms with Gasteiger partial charge in [0.2, 0.25) is 0 Å². The molecule has 0 saturated carbocycles. The lowest BCUT2D eigenvalue weighted by molar-refractivity contribution is -0.136. The second kappa shape index (κ2) is 8.79. The van der Waals surface area contributed by atoms with Gasteiger partial charge in [0.25, 0.3) is 0 Å². The van der Waals surface area contributed by atoms with Gasteiger partial charge in [0, 0.05) is 17.1 Å². The number of nitrogens with one attached hydrogen (secondary N) is 1. The van der Waals surface area contributed by atoms with Gasteiger partial charge in [-0.25, -0.2) is 4.39 Å². The van der Waals surface area contributed by atoms with Crippen molar-refractivity contribution in [1.82, 2.24) is 4.72 Å². The molecule has 0 amide bonds. The standard InChI is InChI=1S/C16H21BrF4N2OS3/c1-13(2,3)27(24)23-15(5,12-10(18)6-11(17)26-12)9-25-14(4,8-22)7-16(19,20)21/h6,23H,7,9H2,1-5H3/t14?,15-,27?/m0/s1. The van der Waals surface area contributed by atoms with E-state index in [1.54, 1.807) is 33.8 Å². The number of thioether (sulfide) groups is 1. The molecule has 11 heteroatoms. The van der Waals surface area contributed by atoms with Crippen LogP contribution in [0.1, 0.15) is 45.9 Å². The van der Waals surface area contributed by atoms with Gasteiger partial charge >= 0.3 is 6.18 Å². The van der Waals surface area contributed by atoms with Crippen molar-refractivity contribution in [3.63, 3.8) is 0 Å². The van der Waals surface area contributed by atoms with Crippen molar-refractivity contribution in [2.75, 3.05) is 5.75 Å². The molecule has 0 radical (unpaired) electrons. The molecule has 0 aliphatic heterocycles. The van der Waals surface area contributed by atoms with Gasteiger partial charge in [-0.2, -0.15) is 18.4 Å². The smallest absolute Gasteiger partial charge is 0.391 e. The normalized spacial score (nSPS) is 18.4. The Labute approximate surface area is 176 Å². The number of nitrogens with zero attached hydrogens (tertiary/aromatic N) is 1. The van der Waals surface area contributed by atoms with Crippen LogP contribution >= 0.6 is 39.0 Å². The van der Waals surface area contributed by atoms with E-state index in [1.165, 1.54) is 13.0 Å². The SMILES string of the molecule is CC(C#N)(CC(F)(F)F)SC[C@](C)(N[S+]([O-])C(C)(C)C)c1sc(Br)cc1F. The number of halogens is 5. The Bertz CT molecular complexity index is 701. The molecule has 1 rings (SSSR count). The van der Waals surface area contributed by atoms with Gasteiger partial charge in [-0.15, -0.1) is 27.8 Å². The molecule has 0 saturated heterocycles. The summed E-state index contributed by atoms with van der Waals surface area (Å²) >= 11 is 3.43. The number of alkyl halides is 3. The zero-order valence-corrected chi connectivity index (χ0v) is 19.5. The summed E-state index contributed by atoms with van der Waals surface area (Å²) in [6.07, 6.45) is -5.80. The summed E-state index contributed by atoms with van der Waals surface area (Å²) in [5, 5.41) is 9.26. The molecule has 0 aliphatic carbocycles. The molecule has 0 spiro atoms. The minimum absolute atomic E-state index is 0.0706. The first-order chi connectivity index (χ1) is 12.0. The Hall–Kier alpha value is 0.01000. The minimum Gasteiger partial charge on any atom is -0.598 e. The lowest BCUT2D eigenvalue weighted by Crippen LogP contribution is -2.51. The Morgan fingerprint density at radius 1 is 1.30 bits per heavy atom. The van der Waals surface area contributed by atoms with Gasteiger partial charge in [-0.1, -0.05) is 0 Å². The first kappa shape index (κ1) is 25.0. The average Bonchev–Trinajstić information content (AvgIpc) is 2.82. The molecule has 1 heterocycles. The highest BCUT2D eigenvalue weighted by atomic mass is 79.9. The molecule has 0 fully saturated rings. The molecule has 0 aromatic carbocycles. The lowest BCUT2D eigenvalue weighted by atomic mass is 10.0. The molecule has 0 aliphatic rings. The van der Waals surface area contributed by atoms with Gasteiger partial charge in [-0.05, 0) is 56.6 Å². The predicted molar refractivity (Wildman–Crippen MR) is 108 cm³/mol. The quantitative estimate of drug-likeness (QED) is 0.368. The third-order valence-corrected chi connectivity index (χ3v) is 8.71. The third kappa shape index (κ3) is 7.40. The Kier molecular flexibility index (Phi) is 8.16. The second-order valence-electron chi connectivity index (χ2n) is 7.47. The van der Waals surface area contributed by atoms with Gasteiger partial charge in [0.15, 0.2) is 0 Å². The van der Waals surface area contributed by atoms with E-state index in [0.29, 0.717) is 3.79 Å². The summed E-state index contributed by atoms with van der Waals surface area (Å²) in [5.74, 6) is -0.624. The molecule has 3 atom stereocenters. The van der Waals surface area contributed by atoms with Crippen molar-refractivity contribution in [2.45, 2.75) is 62.2 Å². The number of hydrogen-bond acceptors (Lipinski definition) is 5. The highest BCUT2D eigenvalue weighted by Gasteiger charge is 2.45. The maximum Gasteiger partial charge on any atom is 0.391 e. The zero-order valence-electron chi connectivity index (χ0n) is 15.5. The van der Waals surface area contributed by atoms with Crippen LogP contribution in [0.4, 0.5) is 17.6 Å². The molecule has 27 heavy (non-hydrogen) atoms. The summed E-state index contributed by atoms with van der Waals surface area (Å²) in [4.78, 5) is 0.215. The minimum atomic E-state index is -4.51. The van der Waals surface area contributed by atoms with Crippen LogP contribution in [-0.2, 0) is 16.9 Å². The molecular formula is C16H21BrF4N2OS3. The van der Waals surface area contributed by atoms with Crippen LogP contribution in [-0.4, -0.2) is 26.0 Å². The predicted octanol–water partition coefficient (Wildman–Crippen LogP) is 5.88. The molecular weight excluding hydrogens is 488 g/mol. The topological polar surface area (TPSA) is 58.9 Å². The van der Waals surface area contributed by atoms with Crippen LogP contribution in [0.5, 0.6) is 0 Å². The van der Waals surface area contributed by atoms with Gasteiger partial charge in [0.1, 0.15) is 20.9 Å². The molecule has 1 aromatic rings. The molecule has 1 aromatic heterocycles.